The lowest BCUT2D eigenvalue weighted by Crippen LogP contribution is -2.66. The molecule has 7 nitrogen and oxygen atoms in total. The first-order valence-electron chi connectivity index (χ1n) is 10.7. The minimum absolute atomic E-state index is 0.270. The van der Waals surface area contributed by atoms with Crippen molar-refractivity contribution in [3.05, 3.63) is 35.9 Å². The number of ether oxygens (including phenoxy) is 1. The molecule has 164 valence electrons. The minimum atomic E-state index is -1.62. The molecule has 1 aromatic carbocycles. The highest BCUT2D eigenvalue weighted by Crippen LogP contribution is 2.36. The van der Waals surface area contributed by atoms with E-state index < -0.39 is 36.8 Å². The van der Waals surface area contributed by atoms with Crippen LogP contribution in [-0.4, -0.2) is 63.8 Å². The Balaban J connectivity index is 1.61. The van der Waals surface area contributed by atoms with E-state index in [0.29, 0.717) is 18.9 Å². The van der Waals surface area contributed by atoms with Crippen LogP contribution in [0.5, 0.6) is 0 Å². The fourth-order valence-electron chi connectivity index (χ4n) is 4.28. The Hall–Kier alpha value is -1.06. The van der Waals surface area contributed by atoms with E-state index in [9.17, 15) is 20.4 Å². The van der Waals surface area contributed by atoms with E-state index in [0.717, 1.165) is 25.7 Å². The number of unbranched alkanes of at least 4 members (excludes halogenated alkanes) is 1. The maximum atomic E-state index is 10.7. The number of hydrogen-bond acceptors (Lipinski definition) is 7. The molecule has 1 saturated heterocycles. The number of aliphatic hydroxyl groups is 4. The van der Waals surface area contributed by atoms with Crippen LogP contribution >= 0.6 is 0 Å². The zero-order chi connectivity index (χ0) is 20.7. The summed E-state index contributed by atoms with van der Waals surface area (Å²) >= 11 is 0. The summed E-state index contributed by atoms with van der Waals surface area (Å²) in [7, 11) is 0. The molecule has 3 rings (SSSR count). The molecule has 2 aliphatic rings. The van der Waals surface area contributed by atoms with E-state index in [4.69, 9.17) is 14.5 Å². The summed E-state index contributed by atoms with van der Waals surface area (Å²) < 4.78 is 5.78. The molecule has 1 saturated carbocycles. The molecule has 4 N–H and O–H groups in total. The van der Waals surface area contributed by atoms with Crippen LogP contribution in [0.15, 0.2) is 30.3 Å². The van der Waals surface area contributed by atoms with Crippen molar-refractivity contribution in [2.45, 2.75) is 81.6 Å². The monoisotopic (exact) mass is 410 g/mol. The second-order valence-electron chi connectivity index (χ2n) is 8.29. The van der Waals surface area contributed by atoms with Crippen LogP contribution in [0.2, 0.25) is 0 Å². The Kier molecular flexibility index (Phi) is 8.44. The SMILES string of the molecule is OC[C@H]1O[C@@](CCCCc2ccccc2)(OOCC2CCCC2)[C@H](O)[C@@H](O)[C@@H]1O. The smallest absolute Gasteiger partial charge is 0.230 e. The number of benzene rings is 1. The van der Waals surface area contributed by atoms with Gasteiger partial charge in [-0.1, -0.05) is 43.2 Å². The number of rotatable bonds is 10. The van der Waals surface area contributed by atoms with Crippen molar-refractivity contribution in [2.75, 3.05) is 13.2 Å². The van der Waals surface area contributed by atoms with Crippen LogP contribution < -0.4 is 0 Å². The van der Waals surface area contributed by atoms with Crippen molar-refractivity contribution < 1.29 is 34.9 Å². The van der Waals surface area contributed by atoms with Gasteiger partial charge in [-0.3, -0.25) is 0 Å². The van der Waals surface area contributed by atoms with Crippen LogP contribution in [0.1, 0.15) is 50.5 Å². The fraction of sp³-hybridized carbons (Fsp3) is 0.727. The van der Waals surface area contributed by atoms with E-state index in [1.807, 2.05) is 18.2 Å². The number of aliphatic hydroxyl groups excluding tert-OH is 4. The zero-order valence-corrected chi connectivity index (χ0v) is 16.9. The fourth-order valence-corrected chi connectivity index (χ4v) is 4.28. The molecule has 5 atom stereocenters. The quantitative estimate of drug-likeness (QED) is 0.264. The third-order valence-electron chi connectivity index (χ3n) is 6.10. The second kappa shape index (κ2) is 10.8. The third-order valence-corrected chi connectivity index (χ3v) is 6.10. The highest BCUT2D eigenvalue weighted by molar-refractivity contribution is 5.14. The summed E-state index contributed by atoms with van der Waals surface area (Å²) in [6.07, 6.45) is 1.69. The van der Waals surface area contributed by atoms with Gasteiger partial charge in [0.05, 0.1) is 13.2 Å². The maximum absolute atomic E-state index is 10.7. The Bertz CT molecular complexity index is 590. The van der Waals surface area contributed by atoms with Gasteiger partial charge in [0.1, 0.15) is 24.4 Å². The Morgan fingerprint density at radius 1 is 1.00 bits per heavy atom. The van der Waals surface area contributed by atoms with Crippen molar-refractivity contribution >= 4 is 0 Å². The van der Waals surface area contributed by atoms with Gasteiger partial charge < -0.3 is 25.2 Å². The van der Waals surface area contributed by atoms with E-state index >= 15 is 0 Å². The van der Waals surface area contributed by atoms with Gasteiger partial charge in [-0.2, -0.15) is 4.89 Å². The lowest BCUT2D eigenvalue weighted by molar-refractivity contribution is -0.482. The average molecular weight is 411 g/mol. The molecule has 2 fully saturated rings. The largest absolute Gasteiger partial charge is 0.394 e. The Labute approximate surface area is 172 Å². The Morgan fingerprint density at radius 3 is 2.41 bits per heavy atom. The molecule has 1 aromatic rings. The van der Waals surface area contributed by atoms with E-state index in [-0.39, 0.29) is 6.42 Å². The number of hydrogen-bond donors (Lipinski definition) is 4. The summed E-state index contributed by atoms with van der Waals surface area (Å²) in [5.74, 6) is -1.21. The predicted octanol–water partition coefficient (Wildman–Crippen LogP) is 1.71. The van der Waals surface area contributed by atoms with Gasteiger partial charge in [-0.15, -0.1) is 0 Å². The van der Waals surface area contributed by atoms with Gasteiger partial charge in [0.25, 0.3) is 0 Å². The summed E-state index contributed by atoms with van der Waals surface area (Å²) in [4.78, 5) is 11.1. The Morgan fingerprint density at radius 2 is 1.72 bits per heavy atom. The van der Waals surface area contributed by atoms with Crippen molar-refractivity contribution in [2.24, 2.45) is 5.92 Å². The molecular weight excluding hydrogens is 376 g/mol. The first kappa shape index (κ1) is 22.6. The average Bonchev–Trinajstić information content (AvgIpc) is 3.26. The van der Waals surface area contributed by atoms with Crippen molar-refractivity contribution in [1.82, 2.24) is 0 Å². The molecule has 7 heteroatoms. The molecule has 1 heterocycles. The zero-order valence-electron chi connectivity index (χ0n) is 16.9. The normalized spacial score (nSPS) is 33.2. The van der Waals surface area contributed by atoms with Crippen LogP contribution in [0.4, 0.5) is 0 Å². The van der Waals surface area contributed by atoms with E-state index in [2.05, 4.69) is 12.1 Å². The lowest BCUT2D eigenvalue weighted by atomic mass is 9.89. The van der Waals surface area contributed by atoms with Gasteiger partial charge in [0.15, 0.2) is 0 Å². The van der Waals surface area contributed by atoms with Crippen molar-refractivity contribution in [3.63, 3.8) is 0 Å². The van der Waals surface area contributed by atoms with E-state index in [1.54, 1.807) is 0 Å². The summed E-state index contributed by atoms with van der Waals surface area (Å²) in [5, 5.41) is 40.6. The minimum Gasteiger partial charge on any atom is -0.394 e. The molecule has 0 unspecified atom stereocenters. The summed E-state index contributed by atoms with van der Waals surface area (Å²) in [6.45, 7) is -0.104. The highest BCUT2D eigenvalue weighted by Gasteiger charge is 2.55. The van der Waals surface area contributed by atoms with Crippen molar-refractivity contribution in [3.8, 4) is 0 Å². The molecule has 0 amide bonds. The predicted molar refractivity (Wildman–Crippen MR) is 106 cm³/mol. The molecule has 0 radical (unpaired) electrons. The van der Waals surface area contributed by atoms with Gasteiger partial charge in [-0.25, -0.2) is 4.89 Å². The van der Waals surface area contributed by atoms with E-state index in [1.165, 1.54) is 18.4 Å². The standard InChI is InChI=1S/C22H34O7/c23-14-18-19(24)20(25)21(26)22(28-18,29-27-15-17-11-4-5-12-17)13-7-6-10-16-8-2-1-3-9-16/h1-3,8-9,17-21,23-26H,4-7,10-15H2/t18-,19-,20+,21-,22+/m1/s1. The molecule has 1 aliphatic heterocycles. The van der Waals surface area contributed by atoms with Gasteiger partial charge >= 0.3 is 0 Å². The molecule has 0 aromatic heterocycles. The van der Waals surface area contributed by atoms with Crippen LogP contribution in [0, 0.1) is 5.92 Å². The van der Waals surface area contributed by atoms with Crippen LogP contribution in [0.3, 0.4) is 0 Å². The van der Waals surface area contributed by atoms with Gasteiger partial charge in [0.2, 0.25) is 5.79 Å². The maximum Gasteiger partial charge on any atom is 0.230 e. The van der Waals surface area contributed by atoms with Crippen molar-refractivity contribution in [1.29, 1.82) is 0 Å². The molecule has 29 heavy (non-hydrogen) atoms. The highest BCUT2D eigenvalue weighted by atomic mass is 17.2. The van der Waals surface area contributed by atoms with Gasteiger partial charge in [-0.05, 0) is 43.6 Å². The molecule has 0 bridgehead atoms. The third kappa shape index (κ3) is 5.76. The van der Waals surface area contributed by atoms with Crippen LogP contribution in [-0.2, 0) is 20.9 Å². The first-order chi connectivity index (χ1) is 14.1. The topological polar surface area (TPSA) is 109 Å². The summed E-state index contributed by atoms with van der Waals surface area (Å²) in [6, 6.07) is 10.1. The van der Waals surface area contributed by atoms with Gasteiger partial charge in [0, 0.05) is 6.42 Å². The molecule has 0 spiro atoms. The lowest BCUT2D eigenvalue weighted by Gasteiger charge is -2.47. The van der Waals surface area contributed by atoms with Crippen LogP contribution in [0.25, 0.3) is 0 Å². The molecule has 1 aliphatic carbocycles. The second-order valence-corrected chi connectivity index (χ2v) is 8.29. The summed E-state index contributed by atoms with van der Waals surface area (Å²) in [5.41, 5.74) is 1.22. The first-order valence-corrected chi connectivity index (χ1v) is 10.7. The molecular formula is C22H34O7. The number of aryl methyl sites for hydroxylation is 1.